The number of Topliss-reactive ketones (excluding diaryl/α,β-unsaturated/α-hetero) is 1. The molecule has 4 nitrogen and oxygen atoms in total. The van der Waals surface area contributed by atoms with Crippen molar-refractivity contribution in [1.82, 2.24) is 9.78 Å². The Hall–Kier alpha value is -2.30. The monoisotopic (exact) mass is 371 g/mol. The molecule has 6 heteroatoms. The summed E-state index contributed by atoms with van der Waals surface area (Å²) >= 11 is 13.0. The molecule has 0 aliphatic carbocycles. The van der Waals surface area contributed by atoms with Crippen LogP contribution < -0.4 is 5.73 Å². The van der Waals surface area contributed by atoms with Crippen LogP contribution in [0.25, 0.3) is 22.4 Å². The van der Waals surface area contributed by atoms with Gasteiger partial charge in [0, 0.05) is 29.7 Å². The summed E-state index contributed by atoms with van der Waals surface area (Å²) < 4.78 is 1.76. The molecule has 0 saturated heterocycles. The van der Waals surface area contributed by atoms with Gasteiger partial charge in [0.15, 0.2) is 5.78 Å². The minimum Gasteiger partial charge on any atom is -0.398 e. The zero-order chi connectivity index (χ0) is 17.6. The third-order valence-electron chi connectivity index (χ3n) is 4.43. The number of rotatable bonds is 2. The van der Waals surface area contributed by atoms with Crippen molar-refractivity contribution in [2.75, 3.05) is 5.73 Å². The van der Waals surface area contributed by atoms with Crippen molar-refractivity contribution in [1.29, 1.82) is 0 Å². The summed E-state index contributed by atoms with van der Waals surface area (Å²) in [5.74, 6) is 0.121. The van der Waals surface area contributed by atoms with Gasteiger partial charge in [-0.15, -0.1) is 0 Å². The van der Waals surface area contributed by atoms with Crippen molar-refractivity contribution in [3.8, 4) is 22.4 Å². The zero-order valence-corrected chi connectivity index (χ0v) is 14.8. The van der Waals surface area contributed by atoms with Gasteiger partial charge in [0.05, 0.1) is 21.4 Å². The number of halogens is 2. The van der Waals surface area contributed by atoms with Gasteiger partial charge in [-0.25, -0.2) is 0 Å². The standard InChI is InChI=1S/C19H15Cl2N3O/c20-18-11(12-5-2-7-14(22)19(12)21)4-1-6-13(18)15-10-16-17(25)8-3-9-24(16)23-15/h1-2,4-7,10H,3,8-9,22H2. The SMILES string of the molecule is Nc1cccc(-c2cccc(-c3cc4n(n3)CCCC4=O)c2Cl)c1Cl. The second kappa shape index (κ2) is 6.21. The fourth-order valence-electron chi connectivity index (χ4n) is 3.16. The number of ketones is 1. The highest BCUT2D eigenvalue weighted by Gasteiger charge is 2.22. The van der Waals surface area contributed by atoms with Crippen molar-refractivity contribution in [3.63, 3.8) is 0 Å². The molecule has 3 aromatic rings. The maximum absolute atomic E-state index is 12.1. The van der Waals surface area contributed by atoms with Gasteiger partial charge in [-0.3, -0.25) is 9.48 Å². The molecule has 0 spiro atoms. The Morgan fingerprint density at radius 2 is 1.68 bits per heavy atom. The van der Waals surface area contributed by atoms with Gasteiger partial charge in [-0.1, -0.05) is 53.5 Å². The predicted octanol–water partition coefficient (Wildman–Crippen LogP) is 5.08. The number of aryl methyl sites for hydroxylation is 1. The Bertz CT molecular complexity index is 994. The third-order valence-corrected chi connectivity index (χ3v) is 5.26. The molecule has 2 aromatic carbocycles. The second-order valence-corrected chi connectivity index (χ2v) is 6.80. The van der Waals surface area contributed by atoms with E-state index in [1.54, 1.807) is 10.7 Å². The van der Waals surface area contributed by atoms with Crippen molar-refractivity contribution in [2.45, 2.75) is 19.4 Å². The Balaban J connectivity index is 1.85. The maximum atomic E-state index is 12.1. The van der Waals surface area contributed by atoms with Gasteiger partial charge in [0.2, 0.25) is 0 Å². The lowest BCUT2D eigenvalue weighted by molar-refractivity contribution is 0.0951. The molecule has 126 valence electrons. The topological polar surface area (TPSA) is 60.9 Å². The van der Waals surface area contributed by atoms with Crippen LogP contribution in [0.15, 0.2) is 42.5 Å². The molecule has 0 fully saturated rings. The Morgan fingerprint density at radius 1 is 1.00 bits per heavy atom. The molecule has 1 aromatic heterocycles. The third kappa shape index (κ3) is 2.71. The summed E-state index contributed by atoms with van der Waals surface area (Å²) in [6.45, 7) is 0.749. The zero-order valence-electron chi connectivity index (χ0n) is 13.3. The lowest BCUT2D eigenvalue weighted by Gasteiger charge is -2.11. The van der Waals surface area contributed by atoms with E-state index in [4.69, 9.17) is 28.9 Å². The smallest absolute Gasteiger partial charge is 0.180 e. The van der Waals surface area contributed by atoms with Gasteiger partial charge >= 0.3 is 0 Å². The lowest BCUT2D eigenvalue weighted by atomic mass is 10.0. The molecule has 0 atom stereocenters. The molecule has 0 saturated carbocycles. The van der Waals surface area contributed by atoms with Crippen molar-refractivity contribution < 1.29 is 4.79 Å². The molecule has 0 unspecified atom stereocenters. The van der Waals surface area contributed by atoms with E-state index in [1.807, 2.05) is 36.4 Å². The Morgan fingerprint density at radius 3 is 2.44 bits per heavy atom. The van der Waals surface area contributed by atoms with Crippen molar-refractivity contribution in [2.24, 2.45) is 0 Å². The van der Waals surface area contributed by atoms with Crippen LogP contribution in [0, 0.1) is 0 Å². The number of nitrogens with zero attached hydrogens (tertiary/aromatic N) is 2. The van der Waals surface area contributed by atoms with E-state index in [1.165, 1.54) is 0 Å². The van der Waals surface area contributed by atoms with E-state index in [0.29, 0.717) is 33.5 Å². The van der Waals surface area contributed by atoms with Crippen LogP contribution in [0.2, 0.25) is 10.0 Å². The summed E-state index contributed by atoms with van der Waals surface area (Å²) in [7, 11) is 0. The minimum atomic E-state index is 0.121. The highest BCUT2D eigenvalue weighted by Crippen LogP contribution is 2.40. The van der Waals surface area contributed by atoms with E-state index in [-0.39, 0.29) is 5.78 Å². The molecular formula is C19H15Cl2N3O. The van der Waals surface area contributed by atoms with Gasteiger partial charge in [-0.2, -0.15) is 5.10 Å². The number of hydrogen-bond acceptors (Lipinski definition) is 3. The van der Waals surface area contributed by atoms with Crippen molar-refractivity contribution >= 4 is 34.7 Å². The highest BCUT2D eigenvalue weighted by molar-refractivity contribution is 6.39. The molecule has 0 bridgehead atoms. The summed E-state index contributed by atoms with van der Waals surface area (Å²) in [6, 6.07) is 13.0. The molecule has 1 aliphatic heterocycles. The van der Waals surface area contributed by atoms with Gasteiger partial charge < -0.3 is 5.73 Å². The first-order valence-electron chi connectivity index (χ1n) is 8.00. The van der Waals surface area contributed by atoms with Crippen LogP contribution in [-0.4, -0.2) is 15.6 Å². The molecule has 2 N–H and O–H groups in total. The van der Waals surface area contributed by atoms with E-state index in [0.717, 1.165) is 29.7 Å². The first-order chi connectivity index (χ1) is 12.1. The highest BCUT2D eigenvalue weighted by atomic mass is 35.5. The lowest BCUT2D eigenvalue weighted by Crippen LogP contribution is -2.16. The molecule has 0 radical (unpaired) electrons. The summed E-state index contributed by atoms with van der Waals surface area (Å²) in [6.07, 6.45) is 1.39. The number of carbonyl (C=O) groups excluding carboxylic acids is 1. The summed E-state index contributed by atoms with van der Waals surface area (Å²) in [5, 5.41) is 5.57. The predicted molar refractivity (Wildman–Crippen MR) is 101 cm³/mol. The van der Waals surface area contributed by atoms with E-state index >= 15 is 0 Å². The fraction of sp³-hybridized carbons (Fsp3) is 0.158. The molecule has 4 rings (SSSR count). The second-order valence-electron chi connectivity index (χ2n) is 6.04. The Labute approximate surface area is 155 Å². The largest absolute Gasteiger partial charge is 0.398 e. The molecule has 25 heavy (non-hydrogen) atoms. The number of hydrogen-bond donors (Lipinski definition) is 1. The first-order valence-corrected chi connectivity index (χ1v) is 8.76. The van der Waals surface area contributed by atoms with Crippen LogP contribution in [0.4, 0.5) is 5.69 Å². The number of benzene rings is 2. The minimum absolute atomic E-state index is 0.121. The molecule has 1 aliphatic rings. The van der Waals surface area contributed by atoms with Crippen LogP contribution >= 0.6 is 23.2 Å². The Kier molecular flexibility index (Phi) is 4.02. The number of carbonyl (C=O) groups is 1. The fourth-order valence-corrected chi connectivity index (χ4v) is 3.71. The van der Waals surface area contributed by atoms with Crippen LogP contribution in [0.5, 0.6) is 0 Å². The van der Waals surface area contributed by atoms with E-state index in [2.05, 4.69) is 5.10 Å². The number of nitrogens with two attached hydrogens (primary N) is 1. The summed E-state index contributed by atoms with van der Waals surface area (Å²) in [5.41, 5.74) is 10.1. The molecule has 2 heterocycles. The normalized spacial score (nSPS) is 13.8. The van der Waals surface area contributed by atoms with Gasteiger partial charge in [-0.05, 0) is 18.6 Å². The van der Waals surface area contributed by atoms with E-state index in [9.17, 15) is 4.79 Å². The number of nitrogen functional groups attached to an aromatic ring is 1. The van der Waals surface area contributed by atoms with Gasteiger partial charge in [0.1, 0.15) is 5.69 Å². The maximum Gasteiger partial charge on any atom is 0.180 e. The molecular weight excluding hydrogens is 357 g/mol. The van der Waals surface area contributed by atoms with Crippen LogP contribution in [-0.2, 0) is 6.54 Å². The first kappa shape index (κ1) is 16.2. The summed E-state index contributed by atoms with van der Waals surface area (Å²) in [4.78, 5) is 12.1. The quantitative estimate of drug-likeness (QED) is 0.638. The average molecular weight is 372 g/mol. The van der Waals surface area contributed by atoms with Crippen LogP contribution in [0.3, 0.4) is 0 Å². The van der Waals surface area contributed by atoms with E-state index < -0.39 is 0 Å². The number of fused-ring (bicyclic) bond motifs is 1. The number of aromatic nitrogens is 2. The van der Waals surface area contributed by atoms with Gasteiger partial charge in [0.25, 0.3) is 0 Å². The van der Waals surface area contributed by atoms with Crippen LogP contribution in [0.1, 0.15) is 23.3 Å². The average Bonchev–Trinajstić information content (AvgIpc) is 3.03. The van der Waals surface area contributed by atoms with Crippen molar-refractivity contribution in [3.05, 3.63) is 58.2 Å². The molecule has 0 amide bonds. The number of anilines is 1.